The third kappa shape index (κ3) is 4.95. The molecular formula is C18H15F2N3O3S. The van der Waals surface area contributed by atoms with Crippen molar-refractivity contribution in [3.63, 3.8) is 0 Å². The second kappa shape index (κ2) is 8.51. The molecule has 0 aliphatic carbocycles. The second-order valence-electron chi connectivity index (χ2n) is 5.63. The van der Waals surface area contributed by atoms with Gasteiger partial charge in [0.1, 0.15) is 23.3 Å². The van der Waals surface area contributed by atoms with Gasteiger partial charge in [-0.3, -0.25) is 9.69 Å². The van der Waals surface area contributed by atoms with Crippen LogP contribution in [0.25, 0.3) is 6.08 Å². The van der Waals surface area contributed by atoms with Gasteiger partial charge < -0.3 is 4.74 Å². The number of rotatable bonds is 5. The fraction of sp³-hybridized carbons (Fsp3) is 0.222. The molecule has 0 aliphatic heterocycles. The van der Waals surface area contributed by atoms with Gasteiger partial charge in [0, 0.05) is 18.4 Å². The molecule has 1 heterocycles. The zero-order chi connectivity index (χ0) is 20.1. The summed E-state index contributed by atoms with van der Waals surface area (Å²) in [7, 11) is 0. The summed E-state index contributed by atoms with van der Waals surface area (Å²) < 4.78 is 32.2. The molecule has 0 N–H and O–H groups in total. The van der Waals surface area contributed by atoms with Crippen LogP contribution in [0.4, 0.5) is 19.6 Å². The van der Waals surface area contributed by atoms with E-state index in [4.69, 9.17) is 10.00 Å². The minimum atomic E-state index is -0.921. The Kier molecular flexibility index (Phi) is 6.36. The molecule has 140 valence electrons. The average molecular weight is 391 g/mol. The van der Waals surface area contributed by atoms with Crippen LogP contribution >= 0.6 is 11.3 Å². The SMILES string of the molecule is CC(=O)N(c1nc(/C=C(\C#N)C(=O)OC(C)C)cs1)c1ccc(F)cc1F. The molecule has 9 heteroatoms. The van der Waals surface area contributed by atoms with E-state index in [0.29, 0.717) is 6.07 Å². The van der Waals surface area contributed by atoms with E-state index in [1.165, 1.54) is 18.4 Å². The van der Waals surface area contributed by atoms with Crippen LogP contribution in [0.1, 0.15) is 26.5 Å². The van der Waals surface area contributed by atoms with Gasteiger partial charge >= 0.3 is 5.97 Å². The Labute approximate surface area is 158 Å². The highest BCUT2D eigenvalue weighted by Crippen LogP contribution is 2.31. The summed E-state index contributed by atoms with van der Waals surface area (Å²) >= 11 is 0.999. The third-order valence-corrected chi connectivity index (χ3v) is 3.99. The lowest BCUT2D eigenvalue weighted by atomic mass is 10.2. The quantitative estimate of drug-likeness (QED) is 0.438. The summed E-state index contributed by atoms with van der Waals surface area (Å²) in [5.41, 5.74) is -0.197. The summed E-state index contributed by atoms with van der Waals surface area (Å²) in [6, 6.07) is 4.55. The van der Waals surface area contributed by atoms with Crippen LogP contribution in [0.2, 0.25) is 0 Å². The van der Waals surface area contributed by atoms with Crippen molar-refractivity contribution in [1.82, 2.24) is 4.98 Å². The van der Waals surface area contributed by atoms with E-state index in [2.05, 4.69) is 4.98 Å². The van der Waals surface area contributed by atoms with Crippen molar-refractivity contribution >= 4 is 40.1 Å². The van der Waals surface area contributed by atoms with E-state index < -0.39 is 29.6 Å². The van der Waals surface area contributed by atoms with Crippen LogP contribution in [-0.2, 0) is 14.3 Å². The number of hydrogen-bond acceptors (Lipinski definition) is 6. The largest absolute Gasteiger partial charge is 0.459 e. The van der Waals surface area contributed by atoms with Crippen LogP contribution in [0, 0.1) is 23.0 Å². The van der Waals surface area contributed by atoms with Crippen molar-refractivity contribution < 1.29 is 23.1 Å². The highest BCUT2D eigenvalue weighted by Gasteiger charge is 2.22. The lowest BCUT2D eigenvalue weighted by molar-refractivity contribution is -0.142. The number of nitriles is 1. The molecule has 0 saturated carbocycles. The van der Waals surface area contributed by atoms with Gasteiger partial charge in [-0.2, -0.15) is 5.26 Å². The number of anilines is 2. The summed E-state index contributed by atoms with van der Waals surface area (Å²) in [5.74, 6) is -3.03. The van der Waals surface area contributed by atoms with Gasteiger partial charge in [0.05, 0.1) is 17.5 Å². The maximum atomic E-state index is 14.1. The number of thiazole rings is 1. The second-order valence-corrected chi connectivity index (χ2v) is 6.47. The minimum Gasteiger partial charge on any atom is -0.459 e. The fourth-order valence-electron chi connectivity index (χ4n) is 2.08. The van der Waals surface area contributed by atoms with Gasteiger partial charge in [0.2, 0.25) is 5.91 Å². The zero-order valence-corrected chi connectivity index (χ0v) is 15.5. The first-order valence-corrected chi connectivity index (χ1v) is 8.65. The summed E-state index contributed by atoms with van der Waals surface area (Å²) in [4.78, 5) is 29.0. The van der Waals surface area contributed by atoms with Gasteiger partial charge in [-0.05, 0) is 32.1 Å². The third-order valence-electron chi connectivity index (χ3n) is 3.14. The van der Waals surface area contributed by atoms with Gasteiger partial charge in [0.25, 0.3) is 0 Å². The van der Waals surface area contributed by atoms with Crippen LogP contribution in [-0.4, -0.2) is 23.0 Å². The standard InChI is InChI=1S/C18H15F2N3O3S/c1-10(2)26-17(25)12(8-21)6-14-9-27-18(22-14)23(11(3)24)16-5-4-13(19)7-15(16)20/h4-7,9-10H,1-3H3/b12-6+. The first-order chi connectivity index (χ1) is 12.7. The first-order valence-electron chi connectivity index (χ1n) is 7.77. The average Bonchev–Trinajstić information content (AvgIpc) is 3.02. The van der Waals surface area contributed by atoms with Crippen LogP contribution < -0.4 is 4.90 Å². The number of carbonyl (C=O) groups excluding carboxylic acids is 2. The molecule has 0 spiro atoms. The molecule has 0 atom stereocenters. The number of amides is 1. The number of esters is 1. The molecule has 0 bridgehead atoms. The van der Waals surface area contributed by atoms with E-state index in [0.717, 1.165) is 28.4 Å². The molecule has 1 amide bonds. The zero-order valence-electron chi connectivity index (χ0n) is 14.7. The molecular weight excluding hydrogens is 376 g/mol. The number of halogens is 2. The maximum absolute atomic E-state index is 14.1. The molecule has 1 aromatic heterocycles. The van der Waals surface area contributed by atoms with Crippen molar-refractivity contribution in [3.05, 3.63) is 46.5 Å². The van der Waals surface area contributed by atoms with Gasteiger partial charge in [-0.25, -0.2) is 18.6 Å². The normalized spacial score (nSPS) is 11.2. The van der Waals surface area contributed by atoms with E-state index >= 15 is 0 Å². The molecule has 1 aromatic carbocycles. The number of carbonyl (C=O) groups is 2. The number of ether oxygens (including phenoxy) is 1. The number of benzene rings is 1. The van der Waals surface area contributed by atoms with E-state index in [1.54, 1.807) is 19.9 Å². The molecule has 0 aliphatic rings. The monoisotopic (exact) mass is 391 g/mol. The van der Waals surface area contributed by atoms with Gasteiger partial charge in [0.15, 0.2) is 5.13 Å². The number of hydrogen-bond donors (Lipinski definition) is 0. The Bertz CT molecular complexity index is 948. The number of aromatic nitrogens is 1. The van der Waals surface area contributed by atoms with Crippen molar-refractivity contribution in [2.75, 3.05) is 4.90 Å². The Hall–Kier alpha value is -3.12. The Balaban J connectivity index is 2.39. The fourth-order valence-corrected chi connectivity index (χ4v) is 2.91. The molecule has 0 saturated heterocycles. The topological polar surface area (TPSA) is 83.3 Å². The van der Waals surface area contributed by atoms with Gasteiger partial charge in [-0.1, -0.05) is 0 Å². The first kappa shape index (κ1) is 20.2. The Morgan fingerprint density at radius 1 is 1.37 bits per heavy atom. The van der Waals surface area contributed by atoms with Crippen molar-refractivity contribution in [1.29, 1.82) is 5.26 Å². The molecule has 0 unspecified atom stereocenters. The van der Waals surface area contributed by atoms with Crippen LogP contribution in [0.5, 0.6) is 0 Å². The molecule has 0 fully saturated rings. The van der Waals surface area contributed by atoms with Crippen LogP contribution in [0.3, 0.4) is 0 Å². The summed E-state index contributed by atoms with van der Waals surface area (Å²) in [6.45, 7) is 4.51. The van der Waals surface area contributed by atoms with Crippen molar-refractivity contribution in [2.24, 2.45) is 0 Å². The van der Waals surface area contributed by atoms with Crippen molar-refractivity contribution in [3.8, 4) is 6.07 Å². The lowest BCUT2D eigenvalue weighted by Gasteiger charge is -2.18. The molecule has 2 aromatic rings. The molecule has 0 radical (unpaired) electrons. The predicted molar refractivity (Wildman–Crippen MR) is 96.1 cm³/mol. The maximum Gasteiger partial charge on any atom is 0.349 e. The minimum absolute atomic E-state index is 0.105. The Morgan fingerprint density at radius 3 is 2.63 bits per heavy atom. The van der Waals surface area contributed by atoms with E-state index in [-0.39, 0.29) is 22.1 Å². The number of nitrogens with zero attached hydrogens (tertiary/aromatic N) is 3. The smallest absolute Gasteiger partial charge is 0.349 e. The highest BCUT2D eigenvalue weighted by atomic mass is 32.1. The molecule has 27 heavy (non-hydrogen) atoms. The highest BCUT2D eigenvalue weighted by molar-refractivity contribution is 7.14. The Morgan fingerprint density at radius 2 is 2.07 bits per heavy atom. The van der Waals surface area contributed by atoms with Crippen molar-refractivity contribution in [2.45, 2.75) is 26.9 Å². The van der Waals surface area contributed by atoms with Gasteiger partial charge in [-0.15, -0.1) is 11.3 Å². The summed E-state index contributed by atoms with van der Waals surface area (Å²) in [6.07, 6.45) is 0.819. The molecule has 2 rings (SSSR count). The summed E-state index contributed by atoms with van der Waals surface area (Å²) in [5, 5.41) is 10.7. The van der Waals surface area contributed by atoms with E-state index in [9.17, 15) is 18.4 Å². The lowest BCUT2D eigenvalue weighted by Crippen LogP contribution is -2.23. The molecule has 6 nitrogen and oxygen atoms in total. The predicted octanol–water partition coefficient (Wildman–Crippen LogP) is 3.96. The van der Waals surface area contributed by atoms with E-state index in [1.807, 2.05) is 0 Å². The van der Waals surface area contributed by atoms with Crippen LogP contribution in [0.15, 0.2) is 29.2 Å².